The summed E-state index contributed by atoms with van der Waals surface area (Å²) < 4.78 is 39.5. The van der Waals surface area contributed by atoms with Crippen LogP contribution in [0.15, 0.2) is 85.1 Å². The number of carbonyl (C=O) groups excluding carboxylic acids is 3. The van der Waals surface area contributed by atoms with Crippen LogP contribution < -0.4 is 0 Å². The second kappa shape index (κ2) is 55.9. The minimum absolute atomic E-state index is 0.152. The fraction of sp³-hybridized carbons (Fsp3) is 0.726. The van der Waals surface area contributed by atoms with Gasteiger partial charge in [0, 0.05) is 19.3 Å². The molecule has 0 amide bonds. The van der Waals surface area contributed by atoms with E-state index in [0.29, 0.717) is 19.3 Å². The Morgan fingerprint density at radius 3 is 1.08 bits per heavy atom. The lowest BCUT2D eigenvalue weighted by Crippen LogP contribution is -2.30. The first-order chi connectivity index (χ1) is 36.2. The molecule has 0 radical (unpaired) electrons. The number of hydrogen-bond donors (Lipinski definition) is 2. The van der Waals surface area contributed by atoms with Crippen LogP contribution in [0, 0.1) is 0 Å². The summed E-state index contributed by atoms with van der Waals surface area (Å²) in [5.74, 6) is -1.51. The van der Waals surface area contributed by atoms with Gasteiger partial charge in [0.1, 0.15) is 12.7 Å². The van der Waals surface area contributed by atoms with Crippen LogP contribution in [-0.2, 0) is 42.2 Å². The predicted octanol–water partition coefficient (Wildman–Crippen LogP) is 17.5. The number of esters is 3. The third-order valence-corrected chi connectivity index (χ3v) is 13.2. The van der Waals surface area contributed by atoms with Crippen molar-refractivity contribution in [3.63, 3.8) is 0 Å². The quantitative estimate of drug-likeness (QED) is 0.0197. The highest BCUT2D eigenvalue weighted by Crippen LogP contribution is 2.43. The molecule has 426 valence electrons. The van der Waals surface area contributed by atoms with Gasteiger partial charge in [0.05, 0.1) is 19.8 Å². The second-order valence-electron chi connectivity index (χ2n) is 19.4. The topological polar surface area (TPSA) is 155 Å². The minimum Gasteiger partial charge on any atom is -0.462 e. The molecule has 0 saturated heterocycles. The molecule has 0 rings (SSSR count). The molecule has 0 aromatic heterocycles. The molecular weight excluding hydrogens is 952 g/mol. The Morgan fingerprint density at radius 2 is 0.703 bits per heavy atom. The highest BCUT2D eigenvalue weighted by Gasteiger charge is 2.28. The largest absolute Gasteiger partial charge is 0.472 e. The van der Waals surface area contributed by atoms with Crippen molar-refractivity contribution in [3.05, 3.63) is 85.1 Å². The summed E-state index contributed by atoms with van der Waals surface area (Å²) in [6.07, 6.45) is 63.9. The monoisotopic (exact) mass is 1060 g/mol. The van der Waals surface area contributed by atoms with Gasteiger partial charge in [0.25, 0.3) is 0 Å². The molecule has 0 bridgehead atoms. The smallest absolute Gasteiger partial charge is 0.462 e. The number of aliphatic hydroxyl groups excluding tert-OH is 1. The Labute approximate surface area is 451 Å². The third kappa shape index (κ3) is 53.5. The summed E-state index contributed by atoms with van der Waals surface area (Å²) in [5, 5.41) is 9.82. The van der Waals surface area contributed by atoms with Crippen LogP contribution in [0.1, 0.15) is 252 Å². The van der Waals surface area contributed by atoms with Gasteiger partial charge in [-0.3, -0.25) is 23.4 Å². The SMILES string of the molecule is CC/C=C\C/C=C\C/C=C\CCCCCCCC(=O)OC(CO)COP(=O)(O)OCC(COC(=O)CCCCCCC/C=C\C/C=C\CCCCC)OC(=O)CCCCCCCCC/C=C\C/C=C\CCCCC. The van der Waals surface area contributed by atoms with Gasteiger partial charge >= 0.3 is 25.7 Å². The maximum atomic E-state index is 12.9. The Hall–Kier alpha value is -3.34. The fourth-order valence-electron chi connectivity index (χ4n) is 7.78. The molecule has 3 unspecified atom stereocenters. The van der Waals surface area contributed by atoms with Crippen LogP contribution in [0.5, 0.6) is 0 Å². The van der Waals surface area contributed by atoms with E-state index in [0.717, 1.165) is 135 Å². The number of unbranched alkanes of at least 4 members (excludes halogenated alkanes) is 23. The van der Waals surface area contributed by atoms with Gasteiger partial charge in [-0.25, -0.2) is 4.57 Å². The molecule has 0 fully saturated rings. The summed E-state index contributed by atoms with van der Waals surface area (Å²) in [6.45, 7) is 4.45. The average Bonchev–Trinajstić information content (AvgIpc) is 3.39. The number of ether oxygens (including phenoxy) is 3. The molecular formula is C62H107O11P. The van der Waals surface area contributed by atoms with Gasteiger partial charge in [-0.1, -0.05) is 202 Å². The zero-order valence-corrected chi connectivity index (χ0v) is 47.9. The van der Waals surface area contributed by atoms with Crippen molar-refractivity contribution in [2.75, 3.05) is 26.4 Å². The van der Waals surface area contributed by atoms with Crippen LogP contribution in [0.3, 0.4) is 0 Å². The maximum absolute atomic E-state index is 12.9. The van der Waals surface area contributed by atoms with E-state index in [1.165, 1.54) is 57.8 Å². The van der Waals surface area contributed by atoms with Crippen molar-refractivity contribution in [2.45, 2.75) is 264 Å². The van der Waals surface area contributed by atoms with E-state index in [9.17, 15) is 28.9 Å². The van der Waals surface area contributed by atoms with Gasteiger partial charge in [0.15, 0.2) is 6.10 Å². The van der Waals surface area contributed by atoms with Crippen molar-refractivity contribution in [1.82, 2.24) is 0 Å². The number of hydrogen-bond acceptors (Lipinski definition) is 10. The molecule has 0 aromatic carbocycles. The van der Waals surface area contributed by atoms with Gasteiger partial charge in [-0.15, -0.1) is 0 Å². The van der Waals surface area contributed by atoms with E-state index < -0.39 is 57.8 Å². The van der Waals surface area contributed by atoms with Crippen molar-refractivity contribution in [3.8, 4) is 0 Å². The first-order valence-corrected chi connectivity index (χ1v) is 31.0. The zero-order chi connectivity index (χ0) is 54.1. The summed E-state index contributed by atoms with van der Waals surface area (Å²) in [4.78, 5) is 48.6. The number of phosphoric acid groups is 1. The molecule has 0 aliphatic rings. The molecule has 0 saturated carbocycles. The summed E-state index contributed by atoms with van der Waals surface area (Å²) >= 11 is 0. The zero-order valence-electron chi connectivity index (χ0n) is 47.0. The maximum Gasteiger partial charge on any atom is 0.472 e. The number of aliphatic hydroxyl groups is 1. The molecule has 0 aliphatic carbocycles. The molecule has 0 spiro atoms. The first kappa shape index (κ1) is 70.7. The van der Waals surface area contributed by atoms with Gasteiger partial charge in [0.2, 0.25) is 0 Å². The Balaban J connectivity index is 4.77. The standard InChI is InChI=1S/C62H107O11P/c1-4-7-10-13-16-19-22-25-28-29-32-35-38-41-44-47-50-53-62(66)73-59(55-69-60(64)51-48-45-42-39-36-33-30-26-23-20-17-14-11-8-5-2)57-71-74(67,68)70-56-58(54-63)72-61(65)52-49-46-43-40-37-34-31-27-24-21-18-15-12-9-6-3/h9,12,16-21,25-28,30-31,58-59,63H,4-8,10-11,13-15,22-24,29,32-57H2,1-3H3,(H,67,68)/b12-9-,19-16-,20-17-,21-18-,28-25-,30-26-,31-27-. The van der Waals surface area contributed by atoms with E-state index in [-0.39, 0.29) is 25.9 Å². The minimum atomic E-state index is -4.76. The van der Waals surface area contributed by atoms with Crippen molar-refractivity contribution < 1.29 is 52.2 Å². The van der Waals surface area contributed by atoms with Crippen molar-refractivity contribution >= 4 is 25.7 Å². The number of phosphoric ester groups is 1. The van der Waals surface area contributed by atoms with E-state index in [1.807, 2.05) is 0 Å². The summed E-state index contributed by atoms with van der Waals surface area (Å²) in [5.41, 5.74) is 0. The Morgan fingerprint density at radius 1 is 0.392 bits per heavy atom. The Kier molecular flexibility index (Phi) is 53.4. The van der Waals surface area contributed by atoms with Crippen molar-refractivity contribution in [2.24, 2.45) is 0 Å². The second-order valence-corrected chi connectivity index (χ2v) is 20.9. The van der Waals surface area contributed by atoms with E-state index in [1.54, 1.807) is 0 Å². The van der Waals surface area contributed by atoms with E-state index in [4.69, 9.17) is 23.3 Å². The van der Waals surface area contributed by atoms with E-state index >= 15 is 0 Å². The van der Waals surface area contributed by atoms with Gasteiger partial charge < -0.3 is 24.2 Å². The van der Waals surface area contributed by atoms with E-state index in [2.05, 4.69) is 106 Å². The van der Waals surface area contributed by atoms with Crippen LogP contribution >= 0.6 is 7.82 Å². The molecule has 3 atom stereocenters. The van der Waals surface area contributed by atoms with Crippen LogP contribution in [-0.4, -0.2) is 66.5 Å². The van der Waals surface area contributed by atoms with Crippen LogP contribution in [0.4, 0.5) is 0 Å². The Bertz CT molecular complexity index is 1560. The molecule has 0 aliphatic heterocycles. The number of rotatable bonds is 54. The lowest BCUT2D eigenvalue weighted by Gasteiger charge is -2.21. The number of carbonyl (C=O) groups is 3. The van der Waals surface area contributed by atoms with Crippen LogP contribution in [0.25, 0.3) is 0 Å². The molecule has 0 aromatic rings. The number of allylic oxidation sites excluding steroid dienone is 14. The molecule has 74 heavy (non-hydrogen) atoms. The highest BCUT2D eigenvalue weighted by atomic mass is 31.2. The lowest BCUT2D eigenvalue weighted by molar-refractivity contribution is -0.161. The molecule has 12 heteroatoms. The molecule has 2 N–H and O–H groups in total. The van der Waals surface area contributed by atoms with Crippen LogP contribution in [0.2, 0.25) is 0 Å². The molecule has 0 heterocycles. The average molecular weight is 1060 g/mol. The normalized spacial score (nSPS) is 14.0. The summed E-state index contributed by atoms with van der Waals surface area (Å²) in [7, 11) is -4.76. The van der Waals surface area contributed by atoms with Gasteiger partial charge in [-0.2, -0.15) is 0 Å². The summed E-state index contributed by atoms with van der Waals surface area (Å²) in [6, 6.07) is 0. The fourth-order valence-corrected chi connectivity index (χ4v) is 8.57. The first-order valence-electron chi connectivity index (χ1n) is 29.5. The van der Waals surface area contributed by atoms with Gasteiger partial charge in [-0.05, 0) is 116 Å². The lowest BCUT2D eigenvalue weighted by atomic mass is 10.1. The van der Waals surface area contributed by atoms with Crippen molar-refractivity contribution in [1.29, 1.82) is 0 Å². The molecule has 11 nitrogen and oxygen atoms in total. The predicted molar refractivity (Wildman–Crippen MR) is 307 cm³/mol. The third-order valence-electron chi connectivity index (χ3n) is 12.3. The highest BCUT2D eigenvalue weighted by molar-refractivity contribution is 7.47.